The number of halogens is 3. The maximum absolute atomic E-state index is 12.9. The van der Waals surface area contributed by atoms with Gasteiger partial charge in [0.2, 0.25) is 10.0 Å². The summed E-state index contributed by atoms with van der Waals surface area (Å²) in [7, 11) is -4.31. The molecular weight excluding hydrogens is 371 g/mol. The van der Waals surface area contributed by atoms with Crippen LogP contribution in [0.2, 0.25) is 0 Å². The largest absolute Gasteiger partial charge is 0.481 e. The molecular formula is C17H16F3NO4S. The van der Waals surface area contributed by atoms with Crippen molar-refractivity contribution in [3.63, 3.8) is 0 Å². The fourth-order valence-electron chi connectivity index (χ4n) is 2.27. The van der Waals surface area contributed by atoms with Gasteiger partial charge in [0.25, 0.3) is 0 Å². The third-order valence-corrected chi connectivity index (χ3v) is 5.42. The molecule has 0 atom stereocenters. The fourth-order valence-corrected chi connectivity index (χ4v) is 3.75. The Morgan fingerprint density at radius 1 is 1.04 bits per heavy atom. The Morgan fingerprint density at radius 2 is 1.69 bits per heavy atom. The normalized spacial score (nSPS) is 12.3. The van der Waals surface area contributed by atoms with Gasteiger partial charge in [-0.2, -0.15) is 17.5 Å². The summed E-state index contributed by atoms with van der Waals surface area (Å²) in [5, 5.41) is 8.85. The summed E-state index contributed by atoms with van der Waals surface area (Å²) in [6.45, 7) is -0.504. The zero-order valence-corrected chi connectivity index (χ0v) is 14.3. The molecule has 0 amide bonds. The van der Waals surface area contributed by atoms with Crippen LogP contribution in [0.25, 0.3) is 0 Å². The highest BCUT2D eigenvalue weighted by molar-refractivity contribution is 7.89. The van der Waals surface area contributed by atoms with Gasteiger partial charge in [0.1, 0.15) is 0 Å². The number of benzene rings is 2. The van der Waals surface area contributed by atoms with Crippen LogP contribution in [0.15, 0.2) is 59.5 Å². The summed E-state index contributed by atoms with van der Waals surface area (Å²) >= 11 is 0. The van der Waals surface area contributed by atoms with Gasteiger partial charge >= 0.3 is 12.1 Å². The number of alkyl halides is 3. The van der Waals surface area contributed by atoms with Gasteiger partial charge < -0.3 is 5.11 Å². The van der Waals surface area contributed by atoms with E-state index in [1.807, 2.05) is 0 Å². The molecule has 0 bridgehead atoms. The second-order valence-electron chi connectivity index (χ2n) is 5.49. The predicted molar refractivity (Wildman–Crippen MR) is 87.7 cm³/mol. The van der Waals surface area contributed by atoms with Crippen LogP contribution in [0.1, 0.15) is 17.5 Å². The molecule has 0 heterocycles. The highest BCUT2D eigenvalue weighted by Crippen LogP contribution is 2.31. The van der Waals surface area contributed by atoms with Crippen LogP contribution in [0, 0.1) is 0 Å². The zero-order chi connectivity index (χ0) is 19.4. The molecule has 140 valence electrons. The van der Waals surface area contributed by atoms with Crippen molar-refractivity contribution in [1.29, 1.82) is 0 Å². The van der Waals surface area contributed by atoms with E-state index in [0.717, 1.165) is 22.5 Å². The summed E-state index contributed by atoms with van der Waals surface area (Å²) in [5.74, 6) is -1.21. The van der Waals surface area contributed by atoms with Crippen molar-refractivity contribution < 1.29 is 31.5 Å². The molecule has 26 heavy (non-hydrogen) atoms. The Balaban J connectivity index is 2.39. The first-order valence-corrected chi connectivity index (χ1v) is 8.98. The summed E-state index contributed by atoms with van der Waals surface area (Å²) in [5.41, 5.74) is -0.495. The SMILES string of the molecule is O=C(O)CCN(Cc1ccccc1)S(=O)(=O)c1cccc(C(F)(F)F)c1. The van der Waals surface area contributed by atoms with Gasteiger partial charge in [-0.3, -0.25) is 4.79 Å². The molecule has 0 aliphatic carbocycles. The van der Waals surface area contributed by atoms with Gasteiger partial charge in [-0.1, -0.05) is 36.4 Å². The molecule has 0 radical (unpaired) electrons. The maximum atomic E-state index is 12.9. The van der Waals surface area contributed by atoms with Crippen LogP contribution in [-0.2, 0) is 27.5 Å². The molecule has 0 saturated carbocycles. The fraction of sp³-hybridized carbons (Fsp3) is 0.235. The molecule has 0 aliphatic heterocycles. The number of carbonyl (C=O) groups is 1. The van der Waals surface area contributed by atoms with Crippen LogP contribution in [0.4, 0.5) is 13.2 Å². The van der Waals surface area contributed by atoms with E-state index in [1.54, 1.807) is 30.3 Å². The molecule has 1 N–H and O–H groups in total. The standard InChI is InChI=1S/C17H16F3NO4S/c18-17(19,20)14-7-4-8-15(11-14)26(24,25)21(10-9-16(22)23)12-13-5-2-1-3-6-13/h1-8,11H,9-10,12H2,(H,22,23). The molecule has 0 saturated heterocycles. The first-order valence-electron chi connectivity index (χ1n) is 7.54. The number of hydrogen-bond acceptors (Lipinski definition) is 3. The Kier molecular flexibility index (Phi) is 6.04. The van der Waals surface area contributed by atoms with Crippen LogP contribution in [-0.4, -0.2) is 30.3 Å². The quantitative estimate of drug-likeness (QED) is 0.791. The first kappa shape index (κ1) is 19.9. The molecule has 0 unspecified atom stereocenters. The van der Waals surface area contributed by atoms with Crippen LogP contribution < -0.4 is 0 Å². The van der Waals surface area contributed by atoms with Crippen molar-refractivity contribution in [2.75, 3.05) is 6.54 Å². The van der Waals surface area contributed by atoms with E-state index in [1.165, 1.54) is 0 Å². The number of rotatable bonds is 7. The monoisotopic (exact) mass is 387 g/mol. The molecule has 0 aliphatic rings. The number of aliphatic carboxylic acids is 1. The van der Waals surface area contributed by atoms with Gasteiger partial charge in [0.05, 0.1) is 16.9 Å². The second-order valence-corrected chi connectivity index (χ2v) is 7.43. The first-order chi connectivity index (χ1) is 12.1. The summed E-state index contributed by atoms with van der Waals surface area (Å²) < 4.78 is 65.1. The average Bonchev–Trinajstić information content (AvgIpc) is 2.58. The van der Waals surface area contributed by atoms with Gasteiger partial charge in [0.15, 0.2) is 0 Å². The lowest BCUT2D eigenvalue weighted by Gasteiger charge is -2.22. The summed E-state index contributed by atoms with van der Waals surface area (Å²) in [6, 6.07) is 11.8. The van der Waals surface area contributed by atoms with Crippen LogP contribution in [0.3, 0.4) is 0 Å². The molecule has 0 fully saturated rings. The topological polar surface area (TPSA) is 74.7 Å². The highest BCUT2D eigenvalue weighted by atomic mass is 32.2. The van der Waals surface area contributed by atoms with Crippen molar-refractivity contribution in [1.82, 2.24) is 4.31 Å². The van der Waals surface area contributed by atoms with Crippen molar-refractivity contribution in [3.05, 3.63) is 65.7 Å². The van der Waals surface area contributed by atoms with Crippen molar-refractivity contribution in [2.24, 2.45) is 0 Å². The van der Waals surface area contributed by atoms with E-state index < -0.39 is 39.0 Å². The molecule has 2 aromatic carbocycles. The number of carboxylic acid groups (broad SMARTS) is 1. The van der Waals surface area contributed by atoms with E-state index in [2.05, 4.69) is 0 Å². The molecule has 0 aromatic heterocycles. The molecule has 2 rings (SSSR count). The maximum Gasteiger partial charge on any atom is 0.416 e. The number of nitrogens with zero attached hydrogens (tertiary/aromatic N) is 1. The second kappa shape index (κ2) is 7.88. The molecule has 0 spiro atoms. The third-order valence-electron chi connectivity index (χ3n) is 3.58. The van der Waals surface area contributed by atoms with Crippen molar-refractivity contribution >= 4 is 16.0 Å². The minimum Gasteiger partial charge on any atom is -0.481 e. The summed E-state index contributed by atoms with van der Waals surface area (Å²) in [4.78, 5) is 10.3. The number of hydrogen-bond donors (Lipinski definition) is 1. The van der Waals surface area contributed by atoms with Crippen LogP contribution >= 0.6 is 0 Å². The minimum atomic E-state index is -4.68. The molecule has 2 aromatic rings. The van der Waals surface area contributed by atoms with E-state index in [9.17, 15) is 26.4 Å². The smallest absolute Gasteiger partial charge is 0.416 e. The van der Waals surface area contributed by atoms with Gasteiger partial charge in [-0.05, 0) is 23.8 Å². The Morgan fingerprint density at radius 3 is 2.27 bits per heavy atom. The lowest BCUT2D eigenvalue weighted by atomic mass is 10.2. The summed E-state index contributed by atoms with van der Waals surface area (Å²) in [6.07, 6.45) is -5.15. The predicted octanol–water partition coefficient (Wildman–Crippen LogP) is 3.37. The van der Waals surface area contributed by atoms with Crippen molar-refractivity contribution in [3.8, 4) is 0 Å². The lowest BCUT2D eigenvalue weighted by molar-refractivity contribution is -0.138. The Hall–Kier alpha value is -2.39. The minimum absolute atomic E-state index is 0.146. The van der Waals surface area contributed by atoms with Gasteiger partial charge in [0, 0.05) is 13.1 Å². The number of sulfonamides is 1. The lowest BCUT2D eigenvalue weighted by Crippen LogP contribution is -2.32. The van der Waals surface area contributed by atoms with E-state index in [0.29, 0.717) is 11.6 Å². The van der Waals surface area contributed by atoms with Gasteiger partial charge in [-0.15, -0.1) is 0 Å². The van der Waals surface area contributed by atoms with E-state index >= 15 is 0 Å². The third kappa shape index (κ3) is 5.06. The van der Waals surface area contributed by atoms with Crippen molar-refractivity contribution in [2.45, 2.75) is 24.0 Å². The zero-order valence-electron chi connectivity index (χ0n) is 13.5. The van der Waals surface area contributed by atoms with E-state index in [4.69, 9.17) is 5.11 Å². The van der Waals surface area contributed by atoms with Crippen LogP contribution in [0.5, 0.6) is 0 Å². The molecule has 9 heteroatoms. The number of carboxylic acids is 1. The Bertz CT molecular complexity index is 867. The highest BCUT2D eigenvalue weighted by Gasteiger charge is 2.33. The molecule has 5 nitrogen and oxygen atoms in total. The van der Waals surface area contributed by atoms with E-state index in [-0.39, 0.29) is 13.1 Å². The average molecular weight is 387 g/mol. The Labute approximate surface area is 148 Å². The van der Waals surface area contributed by atoms with Gasteiger partial charge in [-0.25, -0.2) is 8.42 Å².